The SMILES string of the molecule is CC(C)CNC(=O)C1(C(N)=NO)CCCC1. The van der Waals surface area contributed by atoms with Crippen LogP contribution < -0.4 is 11.1 Å². The van der Waals surface area contributed by atoms with Crippen molar-refractivity contribution in [1.82, 2.24) is 5.32 Å². The lowest BCUT2D eigenvalue weighted by Crippen LogP contribution is -2.48. The lowest BCUT2D eigenvalue weighted by Gasteiger charge is -2.26. The van der Waals surface area contributed by atoms with Gasteiger partial charge in [-0.15, -0.1) is 0 Å². The molecule has 92 valence electrons. The van der Waals surface area contributed by atoms with Gasteiger partial charge >= 0.3 is 0 Å². The lowest BCUT2D eigenvalue weighted by atomic mass is 9.83. The highest BCUT2D eigenvalue weighted by Gasteiger charge is 2.45. The van der Waals surface area contributed by atoms with Gasteiger partial charge in [-0.05, 0) is 18.8 Å². The monoisotopic (exact) mass is 227 g/mol. The number of nitrogens with one attached hydrogen (secondary N) is 1. The fourth-order valence-corrected chi connectivity index (χ4v) is 2.14. The molecule has 0 aromatic rings. The molecule has 4 N–H and O–H groups in total. The van der Waals surface area contributed by atoms with Gasteiger partial charge in [0.05, 0.1) is 0 Å². The molecular formula is C11H21N3O2. The largest absolute Gasteiger partial charge is 0.409 e. The lowest BCUT2D eigenvalue weighted by molar-refractivity contribution is -0.127. The maximum absolute atomic E-state index is 12.1. The van der Waals surface area contributed by atoms with Crippen molar-refractivity contribution in [2.45, 2.75) is 39.5 Å². The van der Waals surface area contributed by atoms with Gasteiger partial charge in [0, 0.05) is 6.54 Å². The van der Waals surface area contributed by atoms with Crippen LogP contribution in [0, 0.1) is 11.3 Å². The summed E-state index contributed by atoms with van der Waals surface area (Å²) < 4.78 is 0. The minimum Gasteiger partial charge on any atom is -0.409 e. The fraction of sp³-hybridized carbons (Fsp3) is 0.818. The van der Waals surface area contributed by atoms with Crippen LogP contribution in [0.15, 0.2) is 5.16 Å². The summed E-state index contributed by atoms with van der Waals surface area (Å²) in [5, 5.41) is 14.7. The molecule has 0 aliphatic heterocycles. The zero-order valence-electron chi connectivity index (χ0n) is 9.99. The van der Waals surface area contributed by atoms with E-state index in [-0.39, 0.29) is 11.7 Å². The Balaban J connectivity index is 2.74. The van der Waals surface area contributed by atoms with E-state index in [1.807, 2.05) is 13.8 Å². The average Bonchev–Trinajstić information content (AvgIpc) is 2.74. The van der Waals surface area contributed by atoms with Crippen molar-refractivity contribution in [2.75, 3.05) is 6.54 Å². The van der Waals surface area contributed by atoms with Crippen molar-refractivity contribution in [2.24, 2.45) is 22.2 Å². The minimum atomic E-state index is -0.774. The first kappa shape index (κ1) is 12.8. The number of amidine groups is 1. The van der Waals surface area contributed by atoms with Gasteiger partial charge in [0.25, 0.3) is 0 Å². The Morgan fingerprint density at radius 2 is 2.06 bits per heavy atom. The maximum Gasteiger partial charge on any atom is 0.233 e. The van der Waals surface area contributed by atoms with Crippen LogP contribution in [0.1, 0.15) is 39.5 Å². The molecule has 0 aromatic heterocycles. The number of carbonyl (C=O) groups is 1. The number of hydrogen-bond donors (Lipinski definition) is 3. The third-order valence-electron chi connectivity index (χ3n) is 3.16. The predicted octanol–water partition coefficient (Wildman–Crippen LogP) is 1.07. The van der Waals surface area contributed by atoms with Crippen LogP contribution in [0.4, 0.5) is 0 Å². The molecule has 0 unspecified atom stereocenters. The summed E-state index contributed by atoms with van der Waals surface area (Å²) in [5.41, 5.74) is 4.89. The maximum atomic E-state index is 12.1. The zero-order chi connectivity index (χ0) is 12.2. The van der Waals surface area contributed by atoms with Crippen LogP contribution in [-0.4, -0.2) is 23.5 Å². The molecular weight excluding hydrogens is 206 g/mol. The molecule has 1 amide bonds. The van der Waals surface area contributed by atoms with Crippen molar-refractivity contribution in [3.05, 3.63) is 0 Å². The second-order valence-corrected chi connectivity index (χ2v) is 4.88. The molecule has 1 aliphatic rings. The van der Waals surface area contributed by atoms with Gasteiger partial charge in [-0.1, -0.05) is 31.8 Å². The Morgan fingerprint density at radius 1 is 1.50 bits per heavy atom. The minimum absolute atomic E-state index is 0.0475. The van der Waals surface area contributed by atoms with E-state index >= 15 is 0 Å². The van der Waals surface area contributed by atoms with E-state index in [0.29, 0.717) is 25.3 Å². The molecule has 1 fully saturated rings. The highest BCUT2D eigenvalue weighted by molar-refractivity contribution is 6.07. The molecule has 0 heterocycles. The van der Waals surface area contributed by atoms with Crippen LogP contribution in [0.5, 0.6) is 0 Å². The van der Waals surface area contributed by atoms with E-state index in [1.165, 1.54) is 0 Å². The number of carbonyl (C=O) groups excluding carboxylic acids is 1. The molecule has 0 spiro atoms. The van der Waals surface area contributed by atoms with Gasteiger partial charge in [-0.3, -0.25) is 4.79 Å². The molecule has 5 nitrogen and oxygen atoms in total. The third-order valence-corrected chi connectivity index (χ3v) is 3.16. The average molecular weight is 227 g/mol. The fourth-order valence-electron chi connectivity index (χ4n) is 2.14. The number of rotatable bonds is 4. The summed E-state index contributed by atoms with van der Waals surface area (Å²) in [5.74, 6) is 0.343. The van der Waals surface area contributed by atoms with Crippen LogP contribution in [-0.2, 0) is 4.79 Å². The van der Waals surface area contributed by atoms with Gasteiger partial charge in [0.15, 0.2) is 5.84 Å². The first-order valence-corrected chi connectivity index (χ1v) is 5.79. The van der Waals surface area contributed by atoms with Crippen molar-refractivity contribution in [3.63, 3.8) is 0 Å². The third kappa shape index (κ3) is 2.46. The van der Waals surface area contributed by atoms with Gasteiger partial charge in [-0.25, -0.2) is 0 Å². The van der Waals surface area contributed by atoms with E-state index < -0.39 is 5.41 Å². The molecule has 1 saturated carbocycles. The quantitative estimate of drug-likeness (QED) is 0.290. The van der Waals surface area contributed by atoms with Crippen molar-refractivity contribution >= 4 is 11.7 Å². The Hall–Kier alpha value is -1.26. The smallest absolute Gasteiger partial charge is 0.233 e. The van der Waals surface area contributed by atoms with Crippen molar-refractivity contribution < 1.29 is 10.0 Å². The summed E-state index contributed by atoms with van der Waals surface area (Å²) in [6.45, 7) is 4.69. The van der Waals surface area contributed by atoms with Crippen LogP contribution in [0.25, 0.3) is 0 Å². The summed E-state index contributed by atoms with van der Waals surface area (Å²) in [4.78, 5) is 12.1. The normalized spacial score (nSPS) is 20.1. The van der Waals surface area contributed by atoms with Gasteiger partial charge in [0.1, 0.15) is 5.41 Å². The molecule has 0 radical (unpaired) electrons. The molecule has 0 aromatic carbocycles. The van der Waals surface area contributed by atoms with Crippen molar-refractivity contribution in [3.8, 4) is 0 Å². The van der Waals surface area contributed by atoms with Gasteiger partial charge in [0.2, 0.25) is 5.91 Å². The van der Waals surface area contributed by atoms with Crippen LogP contribution in [0.2, 0.25) is 0 Å². The van der Waals surface area contributed by atoms with Gasteiger partial charge in [-0.2, -0.15) is 0 Å². The molecule has 1 rings (SSSR count). The topological polar surface area (TPSA) is 87.7 Å². The molecule has 0 atom stereocenters. The predicted molar refractivity (Wildman–Crippen MR) is 62.2 cm³/mol. The van der Waals surface area contributed by atoms with E-state index in [1.54, 1.807) is 0 Å². The number of nitrogens with two attached hydrogens (primary N) is 1. The van der Waals surface area contributed by atoms with E-state index in [4.69, 9.17) is 10.9 Å². The van der Waals surface area contributed by atoms with E-state index in [0.717, 1.165) is 12.8 Å². The highest BCUT2D eigenvalue weighted by atomic mass is 16.4. The second-order valence-electron chi connectivity index (χ2n) is 4.88. The number of hydrogen-bond acceptors (Lipinski definition) is 3. The van der Waals surface area contributed by atoms with Crippen LogP contribution in [0.3, 0.4) is 0 Å². The second kappa shape index (κ2) is 5.18. The Morgan fingerprint density at radius 3 is 2.50 bits per heavy atom. The first-order valence-electron chi connectivity index (χ1n) is 5.79. The molecule has 5 heteroatoms. The van der Waals surface area contributed by atoms with Crippen molar-refractivity contribution in [1.29, 1.82) is 0 Å². The summed E-state index contributed by atoms with van der Waals surface area (Å²) in [6.07, 6.45) is 3.25. The van der Waals surface area contributed by atoms with E-state index in [2.05, 4.69) is 10.5 Å². The number of nitrogens with zero attached hydrogens (tertiary/aromatic N) is 1. The Bertz CT molecular complexity index is 281. The summed E-state index contributed by atoms with van der Waals surface area (Å²) >= 11 is 0. The van der Waals surface area contributed by atoms with Gasteiger partial charge < -0.3 is 16.3 Å². The first-order chi connectivity index (χ1) is 7.53. The summed E-state index contributed by atoms with van der Waals surface area (Å²) in [6, 6.07) is 0. The molecule has 0 saturated heterocycles. The molecule has 16 heavy (non-hydrogen) atoms. The van der Waals surface area contributed by atoms with Crippen LogP contribution >= 0.6 is 0 Å². The van der Waals surface area contributed by atoms with E-state index in [9.17, 15) is 4.79 Å². The standard InChI is InChI=1S/C11H21N3O2/c1-8(2)7-13-10(15)11(9(12)14-16)5-3-4-6-11/h8,16H,3-7H2,1-2H3,(H2,12,14)(H,13,15). The summed E-state index contributed by atoms with van der Waals surface area (Å²) in [7, 11) is 0. The zero-order valence-corrected chi connectivity index (χ0v) is 9.99. The number of oxime groups is 1. The highest BCUT2D eigenvalue weighted by Crippen LogP contribution is 2.38. The number of amides is 1. The Labute approximate surface area is 96.1 Å². The molecule has 1 aliphatic carbocycles. The Kier molecular flexibility index (Phi) is 4.15. The molecule has 0 bridgehead atoms.